The van der Waals surface area contributed by atoms with Crippen molar-refractivity contribution in [2.75, 3.05) is 26.0 Å². The van der Waals surface area contributed by atoms with Crippen LogP contribution in [-0.2, 0) is 11.3 Å². The van der Waals surface area contributed by atoms with Crippen LogP contribution in [0, 0.1) is 0 Å². The van der Waals surface area contributed by atoms with E-state index in [-0.39, 0.29) is 0 Å². The quantitative estimate of drug-likeness (QED) is 0.612. The fourth-order valence-electron chi connectivity index (χ4n) is 3.64. The van der Waals surface area contributed by atoms with E-state index >= 15 is 0 Å². The highest BCUT2D eigenvalue weighted by Gasteiger charge is 2.17. The summed E-state index contributed by atoms with van der Waals surface area (Å²) in [5.41, 5.74) is 4.48. The molecule has 1 aliphatic heterocycles. The maximum atomic E-state index is 5.83. The number of imidazole rings is 1. The van der Waals surface area contributed by atoms with Crippen molar-refractivity contribution in [2.24, 2.45) is 0 Å². The third-order valence-corrected chi connectivity index (χ3v) is 5.79. The van der Waals surface area contributed by atoms with Crippen LogP contribution in [0.1, 0.15) is 12.8 Å². The molecule has 1 saturated heterocycles. The third kappa shape index (κ3) is 4.46. The number of hydrogen-bond donors (Lipinski definition) is 1. The number of benzene rings is 1. The summed E-state index contributed by atoms with van der Waals surface area (Å²) in [4.78, 5) is 10.2. The molecule has 2 aromatic heterocycles. The summed E-state index contributed by atoms with van der Waals surface area (Å²) in [7, 11) is 0. The molecule has 1 unspecified atom stereocenters. The first kappa shape index (κ1) is 19.2. The van der Waals surface area contributed by atoms with E-state index in [2.05, 4.69) is 57.5 Å². The molecule has 28 heavy (non-hydrogen) atoms. The summed E-state index contributed by atoms with van der Waals surface area (Å²) in [6, 6.07) is 12.7. The average Bonchev–Trinajstić information content (AvgIpc) is 3.19. The highest BCUT2D eigenvalue weighted by Crippen LogP contribution is 2.33. The Labute approximate surface area is 170 Å². The van der Waals surface area contributed by atoms with E-state index in [1.807, 2.05) is 18.7 Å². The van der Waals surface area contributed by atoms with Crippen LogP contribution in [0.2, 0.25) is 0 Å². The molecule has 0 spiro atoms. The Morgan fingerprint density at radius 1 is 1.21 bits per heavy atom. The van der Waals surface area contributed by atoms with Crippen LogP contribution in [0.5, 0.6) is 0 Å². The van der Waals surface area contributed by atoms with Gasteiger partial charge in [0.1, 0.15) is 0 Å². The fourth-order valence-corrected chi connectivity index (χ4v) is 4.10. The topological polar surface area (TPSA) is 52.0 Å². The van der Waals surface area contributed by atoms with Crippen molar-refractivity contribution in [1.29, 1.82) is 0 Å². The Balaban J connectivity index is 1.60. The zero-order valence-electron chi connectivity index (χ0n) is 16.2. The second-order valence-corrected chi connectivity index (χ2v) is 7.82. The van der Waals surface area contributed by atoms with E-state index in [0.29, 0.717) is 6.10 Å². The number of ether oxygens (including phenoxy) is 1. The first-order chi connectivity index (χ1) is 13.8. The molecule has 4 rings (SSSR count). The zero-order chi connectivity index (χ0) is 19.2. The Morgan fingerprint density at radius 3 is 2.89 bits per heavy atom. The molecule has 1 N–H and O–H groups in total. The Bertz CT molecular complexity index is 891. The van der Waals surface area contributed by atoms with Gasteiger partial charge in [-0.05, 0) is 43.4 Å². The molecular weight excluding hydrogens is 368 g/mol. The lowest BCUT2D eigenvalue weighted by Crippen LogP contribution is -2.38. The molecule has 5 nitrogen and oxygen atoms in total. The number of thioether (sulfide) groups is 1. The Hall–Kier alpha value is -2.15. The van der Waals surface area contributed by atoms with Gasteiger partial charge in [0.25, 0.3) is 0 Å². The minimum Gasteiger partial charge on any atom is -0.376 e. The maximum absolute atomic E-state index is 5.83. The molecule has 0 aliphatic carbocycles. The van der Waals surface area contributed by atoms with Crippen LogP contribution in [0.4, 0.5) is 0 Å². The van der Waals surface area contributed by atoms with Gasteiger partial charge < -0.3 is 14.6 Å². The van der Waals surface area contributed by atoms with Gasteiger partial charge in [0.05, 0.1) is 30.4 Å². The summed E-state index contributed by atoms with van der Waals surface area (Å²) in [5.74, 6) is 0. The molecule has 6 heteroatoms. The first-order valence-electron chi connectivity index (χ1n) is 9.77. The number of aromatic nitrogens is 3. The van der Waals surface area contributed by atoms with E-state index < -0.39 is 0 Å². The van der Waals surface area contributed by atoms with Crippen molar-refractivity contribution in [3.8, 4) is 22.5 Å². The summed E-state index contributed by atoms with van der Waals surface area (Å²) in [6.45, 7) is 3.65. The fraction of sp³-hybridized carbons (Fsp3) is 0.364. The van der Waals surface area contributed by atoms with Crippen molar-refractivity contribution in [2.45, 2.75) is 30.4 Å². The number of hydrogen-bond acceptors (Lipinski definition) is 5. The number of nitrogens with zero attached hydrogens (tertiary/aromatic N) is 3. The first-order valence-corrected chi connectivity index (χ1v) is 11.0. The van der Waals surface area contributed by atoms with Crippen LogP contribution >= 0.6 is 11.8 Å². The monoisotopic (exact) mass is 394 g/mol. The number of rotatable bonds is 7. The largest absolute Gasteiger partial charge is 0.376 e. The molecule has 3 heterocycles. The van der Waals surface area contributed by atoms with Gasteiger partial charge in [-0.25, -0.2) is 4.98 Å². The van der Waals surface area contributed by atoms with Crippen molar-refractivity contribution < 1.29 is 4.74 Å². The van der Waals surface area contributed by atoms with E-state index in [9.17, 15) is 0 Å². The van der Waals surface area contributed by atoms with Crippen LogP contribution in [-0.4, -0.2) is 46.6 Å². The molecule has 0 radical (unpaired) electrons. The lowest BCUT2D eigenvalue weighted by molar-refractivity contribution is 0.0218. The van der Waals surface area contributed by atoms with Crippen LogP contribution < -0.4 is 5.32 Å². The van der Waals surface area contributed by atoms with Gasteiger partial charge in [0.2, 0.25) is 0 Å². The molecule has 0 saturated carbocycles. The molecule has 1 aromatic carbocycles. The SMILES string of the molecule is CSc1cccc(-c2ncn(CCCC3CNCCO3)c2-c2ccncc2)c1. The van der Waals surface area contributed by atoms with Crippen molar-refractivity contribution >= 4 is 11.8 Å². The van der Waals surface area contributed by atoms with Crippen molar-refractivity contribution in [1.82, 2.24) is 19.9 Å². The predicted octanol–water partition coefficient (Wildman–Crippen LogP) is 4.10. The van der Waals surface area contributed by atoms with Gasteiger partial charge in [-0.1, -0.05) is 12.1 Å². The molecule has 3 aromatic rings. The Morgan fingerprint density at radius 2 is 2.11 bits per heavy atom. The molecule has 0 amide bonds. The highest BCUT2D eigenvalue weighted by atomic mass is 32.2. The second kappa shape index (κ2) is 9.37. The molecule has 1 fully saturated rings. The van der Waals surface area contributed by atoms with Gasteiger partial charge in [0, 0.05) is 48.1 Å². The van der Waals surface area contributed by atoms with Crippen LogP contribution in [0.15, 0.2) is 60.0 Å². The molecular formula is C22H26N4OS. The third-order valence-electron chi connectivity index (χ3n) is 5.06. The van der Waals surface area contributed by atoms with E-state index in [4.69, 9.17) is 9.72 Å². The smallest absolute Gasteiger partial charge is 0.0963 e. The molecule has 146 valence electrons. The summed E-state index contributed by atoms with van der Waals surface area (Å²) >= 11 is 1.75. The Kier molecular flexibility index (Phi) is 6.41. The standard InChI is InChI=1S/C22H26N4OS/c1-28-20-6-2-4-18(14-20)21-22(17-7-9-23-10-8-17)26(16-25-21)12-3-5-19-15-24-11-13-27-19/h2,4,6-10,14,16,19,24H,3,5,11-13,15H2,1H3. The van der Waals surface area contributed by atoms with Crippen molar-refractivity contribution in [3.63, 3.8) is 0 Å². The number of morpholine rings is 1. The van der Waals surface area contributed by atoms with Gasteiger partial charge >= 0.3 is 0 Å². The lowest BCUT2D eigenvalue weighted by Gasteiger charge is -2.23. The summed E-state index contributed by atoms with van der Waals surface area (Å²) in [5, 5.41) is 3.40. The molecule has 1 atom stereocenters. The lowest BCUT2D eigenvalue weighted by atomic mass is 10.1. The highest BCUT2D eigenvalue weighted by molar-refractivity contribution is 7.98. The summed E-state index contributed by atoms with van der Waals surface area (Å²) in [6.07, 6.45) is 10.2. The van der Waals surface area contributed by atoms with Gasteiger partial charge in [-0.15, -0.1) is 11.8 Å². The second-order valence-electron chi connectivity index (χ2n) is 6.94. The maximum Gasteiger partial charge on any atom is 0.0963 e. The number of pyridine rings is 1. The van der Waals surface area contributed by atoms with Crippen LogP contribution in [0.25, 0.3) is 22.5 Å². The number of nitrogens with one attached hydrogen (secondary N) is 1. The van der Waals surface area contributed by atoms with Gasteiger partial charge in [0.15, 0.2) is 0 Å². The van der Waals surface area contributed by atoms with Crippen LogP contribution in [0.3, 0.4) is 0 Å². The van der Waals surface area contributed by atoms with E-state index in [0.717, 1.165) is 61.6 Å². The summed E-state index contributed by atoms with van der Waals surface area (Å²) < 4.78 is 8.10. The molecule has 0 bridgehead atoms. The average molecular weight is 395 g/mol. The van der Waals surface area contributed by atoms with Gasteiger partial charge in [-0.2, -0.15) is 0 Å². The van der Waals surface area contributed by atoms with E-state index in [1.54, 1.807) is 11.8 Å². The normalized spacial score (nSPS) is 17.0. The van der Waals surface area contributed by atoms with Gasteiger partial charge in [-0.3, -0.25) is 4.98 Å². The zero-order valence-corrected chi connectivity index (χ0v) is 17.0. The predicted molar refractivity (Wildman–Crippen MR) is 115 cm³/mol. The van der Waals surface area contributed by atoms with Crippen molar-refractivity contribution in [3.05, 3.63) is 55.1 Å². The molecule has 1 aliphatic rings. The van der Waals surface area contributed by atoms with E-state index in [1.165, 1.54) is 4.90 Å². The number of aryl methyl sites for hydroxylation is 1. The minimum absolute atomic E-state index is 0.319. The minimum atomic E-state index is 0.319.